The molecule has 1 aromatic carbocycles. The standard InChI is InChI=1S/C15H17N5S/c1-2-10-3-5-11(6-4-10)12(16)7-21-15-13-14(18-8-17-13)19-9-20-15/h3-6,8-9,12H,2,7,16H2,1H3,(H,17,18,19,20). The topological polar surface area (TPSA) is 80.5 Å². The van der Waals surface area contributed by atoms with Crippen molar-refractivity contribution in [2.75, 3.05) is 5.75 Å². The molecule has 0 radical (unpaired) electrons. The number of benzene rings is 1. The molecule has 3 N–H and O–H groups in total. The SMILES string of the molecule is CCc1ccc(C(N)CSc2ncnc3nc[nH]c23)cc1. The van der Waals surface area contributed by atoms with Gasteiger partial charge in [0.25, 0.3) is 0 Å². The van der Waals surface area contributed by atoms with Gasteiger partial charge in [-0.15, -0.1) is 11.8 Å². The van der Waals surface area contributed by atoms with E-state index >= 15 is 0 Å². The molecule has 0 saturated heterocycles. The van der Waals surface area contributed by atoms with Gasteiger partial charge in [0.15, 0.2) is 5.65 Å². The van der Waals surface area contributed by atoms with Crippen molar-refractivity contribution in [2.24, 2.45) is 5.73 Å². The minimum absolute atomic E-state index is 0.0196. The average molecular weight is 299 g/mol. The van der Waals surface area contributed by atoms with Crippen LogP contribution < -0.4 is 5.73 Å². The van der Waals surface area contributed by atoms with Gasteiger partial charge in [-0.2, -0.15) is 0 Å². The summed E-state index contributed by atoms with van der Waals surface area (Å²) in [5.74, 6) is 0.761. The van der Waals surface area contributed by atoms with Crippen LogP contribution in [0.4, 0.5) is 0 Å². The minimum atomic E-state index is -0.0196. The number of imidazole rings is 1. The van der Waals surface area contributed by atoms with E-state index < -0.39 is 0 Å². The molecule has 0 aliphatic heterocycles. The lowest BCUT2D eigenvalue weighted by molar-refractivity contribution is 0.829. The lowest BCUT2D eigenvalue weighted by Gasteiger charge is -2.12. The fourth-order valence-corrected chi connectivity index (χ4v) is 3.06. The van der Waals surface area contributed by atoms with Crippen molar-refractivity contribution < 1.29 is 0 Å². The number of nitrogens with zero attached hydrogens (tertiary/aromatic N) is 3. The first-order valence-corrected chi connectivity index (χ1v) is 7.87. The molecule has 21 heavy (non-hydrogen) atoms. The first kappa shape index (κ1) is 14.0. The van der Waals surface area contributed by atoms with Gasteiger partial charge in [0.1, 0.15) is 16.9 Å². The third-order valence-electron chi connectivity index (χ3n) is 3.40. The van der Waals surface area contributed by atoms with E-state index in [4.69, 9.17) is 5.73 Å². The van der Waals surface area contributed by atoms with Crippen LogP contribution in [0.3, 0.4) is 0 Å². The number of aryl methyl sites for hydroxylation is 1. The van der Waals surface area contributed by atoms with E-state index in [1.54, 1.807) is 18.1 Å². The third-order valence-corrected chi connectivity index (χ3v) is 4.51. The highest BCUT2D eigenvalue weighted by Crippen LogP contribution is 2.25. The summed E-state index contributed by atoms with van der Waals surface area (Å²) < 4.78 is 0. The number of hydrogen-bond donors (Lipinski definition) is 2. The molecule has 3 rings (SSSR count). The van der Waals surface area contributed by atoms with Crippen LogP contribution in [-0.4, -0.2) is 25.7 Å². The minimum Gasteiger partial charge on any atom is -0.341 e. The first-order chi connectivity index (χ1) is 10.3. The lowest BCUT2D eigenvalue weighted by Crippen LogP contribution is -2.13. The Balaban J connectivity index is 1.70. The summed E-state index contributed by atoms with van der Waals surface area (Å²) in [6.07, 6.45) is 4.21. The molecule has 2 heterocycles. The summed E-state index contributed by atoms with van der Waals surface area (Å²) >= 11 is 1.62. The van der Waals surface area contributed by atoms with E-state index in [9.17, 15) is 0 Å². The summed E-state index contributed by atoms with van der Waals surface area (Å²) in [6.45, 7) is 2.15. The summed E-state index contributed by atoms with van der Waals surface area (Å²) in [4.78, 5) is 15.6. The van der Waals surface area contributed by atoms with Gasteiger partial charge >= 0.3 is 0 Å². The van der Waals surface area contributed by atoms with Crippen LogP contribution >= 0.6 is 11.8 Å². The summed E-state index contributed by atoms with van der Waals surface area (Å²) in [6, 6.07) is 8.47. The van der Waals surface area contributed by atoms with Crippen molar-refractivity contribution in [1.29, 1.82) is 0 Å². The Kier molecular flexibility index (Phi) is 4.17. The molecule has 0 aliphatic carbocycles. The fraction of sp³-hybridized carbons (Fsp3) is 0.267. The average Bonchev–Trinajstić information content (AvgIpc) is 3.02. The van der Waals surface area contributed by atoms with Gasteiger partial charge in [-0.05, 0) is 17.5 Å². The van der Waals surface area contributed by atoms with Crippen LogP contribution in [0.1, 0.15) is 24.1 Å². The molecular formula is C15H17N5S. The van der Waals surface area contributed by atoms with E-state index in [2.05, 4.69) is 51.1 Å². The Morgan fingerprint density at radius 2 is 2.00 bits per heavy atom. The molecule has 0 aliphatic rings. The number of H-pyrrole nitrogens is 1. The van der Waals surface area contributed by atoms with E-state index in [1.807, 2.05) is 0 Å². The predicted molar refractivity (Wildman–Crippen MR) is 85.2 cm³/mol. The summed E-state index contributed by atoms with van der Waals surface area (Å²) in [5.41, 5.74) is 10.3. The van der Waals surface area contributed by atoms with Crippen LogP contribution in [0.25, 0.3) is 11.2 Å². The van der Waals surface area contributed by atoms with Gasteiger partial charge in [-0.1, -0.05) is 31.2 Å². The first-order valence-electron chi connectivity index (χ1n) is 6.89. The molecule has 0 bridgehead atoms. The van der Waals surface area contributed by atoms with E-state index in [0.29, 0.717) is 5.65 Å². The quantitative estimate of drug-likeness (QED) is 0.559. The largest absolute Gasteiger partial charge is 0.341 e. The highest BCUT2D eigenvalue weighted by molar-refractivity contribution is 7.99. The molecular weight excluding hydrogens is 282 g/mol. The maximum Gasteiger partial charge on any atom is 0.181 e. The molecule has 0 amide bonds. The maximum absolute atomic E-state index is 6.26. The highest BCUT2D eigenvalue weighted by Gasteiger charge is 2.10. The molecule has 0 saturated carbocycles. The van der Waals surface area contributed by atoms with Gasteiger partial charge in [0.2, 0.25) is 0 Å². The normalized spacial score (nSPS) is 12.7. The lowest BCUT2D eigenvalue weighted by atomic mass is 10.1. The van der Waals surface area contributed by atoms with Crippen LogP contribution in [-0.2, 0) is 6.42 Å². The van der Waals surface area contributed by atoms with Gasteiger partial charge in [0, 0.05) is 11.8 Å². The van der Waals surface area contributed by atoms with Crippen LogP contribution in [0.5, 0.6) is 0 Å². The van der Waals surface area contributed by atoms with Crippen molar-refractivity contribution >= 4 is 22.9 Å². The molecule has 6 heteroatoms. The molecule has 108 valence electrons. The zero-order valence-corrected chi connectivity index (χ0v) is 12.6. The van der Waals surface area contributed by atoms with Crippen molar-refractivity contribution in [2.45, 2.75) is 24.4 Å². The van der Waals surface area contributed by atoms with Crippen LogP contribution in [0, 0.1) is 0 Å². The Hall–Kier alpha value is -1.92. The molecule has 3 aromatic rings. The zero-order chi connectivity index (χ0) is 14.7. The number of thioether (sulfide) groups is 1. The van der Waals surface area contributed by atoms with Crippen molar-refractivity contribution in [3.8, 4) is 0 Å². The highest BCUT2D eigenvalue weighted by atomic mass is 32.2. The Labute approximate surface area is 127 Å². The Bertz CT molecular complexity index is 722. The van der Waals surface area contributed by atoms with E-state index in [0.717, 1.165) is 28.3 Å². The fourth-order valence-electron chi connectivity index (χ4n) is 2.12. The van der Waals surface area contributed by atoms with Crippen molar-refractivity contribution in [3.05, 3.63) is 48.0 Å². The zero-order valence-electron chi connectivity index (χ0n) is 11.8. The second-order valence-electron chi connectivity index (χ2n) is 4.79. The van der Waals surface area contributed by atoms with E-state index in [1.165, 1.54) is 11.9 Å². The second-order valence-corrected chi connectivity index (χ2v) is 5.80. The molecule has 0 spiro atoms. The monoisotopic (exact) mass is 299 g/mol. The number of hydrogen-bond acceptors (Lipinski definition) is 5. The predicted octanol–water partition coefficient (Wildman–Crippen LogP) is 2.71. The number of aromatic amines is 1. The van der Waals surface area contributed by atoms with Gasteiger partial charge in [-0.25, -0.2) is 15.0 Å². The van der Waals surface area contributed by atoms with Gasteiger partial charge in [-0.3, -0.25) is 0 Å². The number of nitrogens with two attached hydrogens (primary N) is 1. The van der Waals surface area contributed by atoms with Crippen LogP contribution in [0.2, 0.25) is 0 Å². The maximum atomic E-state index is 6.26. The van der Waals surface area contributed by atoms with Crippen molar-refractivity contribution in [1.82, 2.24) is 19.9 Å². The molecule has 2 aromatic heterocycles. The van der Waals surface area contributed by atoms with Crippen LogP contribution in [0.15, 0.2) is 41.9 Å². The van der Waals surface area contributed by atoms with E-state index in [-0.39, 0.29) is 6.04 Å². The third kappa shape index (κ3) is 3.06. The van der Waals surface area contributed by atoms with Gasteiger partial charge in [0.05, 0.1) is 6.33 Å². The van der Waals surface area contributed by atoms with Gasteiger partial charge < -0.3 is 10.7 Å². The molecule has 1 atom stereocenters. The second kappa shape index (κ2) is 6.24. The Morgan fingerprint density at radius 1 is 1.19 bits per heavy atom. The summed E-state index contributed by atoms with van der Waals surface area (Å²) in [7, 11) is 0. The molecule has 1 unspecified atom stereocenters. The number of rotatable bonds is 5. The molecule has 5 nitrogen and oxygen atoms in total. The molecule has 0 fully saturated rings. The van der Waals surface area contributed by atoms with Crippen molar-refractivity contribution in [3.63, 3.8) is 0 Å². The number of fused-ring (bicyclic) bond motifs is 1. The Morgan fingerprint density at radius 3 is 2.76 bits per heavy atom. The smallest absolute Gasteiger partial charge is 0.181 e. The number of aromatic nitrogens is 4. The summed E-state index contributed by atoms with van der Waals surface area (Å²) in [5, 5.41) is 0.887. The number of nitrogens with one attached hydrogen (secondary N) is 1.